The highest BCUT2D eigenvalue weighted by atomic mass is 32.2. The van der Waals surface area contributed by atoms with Crippen molar-refractivity contribution in [2.75, 3.05) is 11.9 Å². The molecule has 1 aromatic carbocycles. The molecular weight excluding hydrogens is 278 g/mol. The van der Waals surface area contributed by atoms with Gasteiger partial charge in [-0.15, -0.1) is 11.8 Å². The Kier molecular flexibility index (Phi) is 5.35. The number of nitrogens with one attached hydrogen (secondary N) is 1. The number of anilines is 1. The van der Waals surface area contributed by atoms with Crippen LogP contribution in [-0.4, -0.2) is 11.5 Å². The van der Waals surface area contributed by atoms with E-state index in [1.54, 1.807) is 6.20 Å². The van der Waals surface area contributed by atoms with Gasteiger partial charge in [-0.25, -0.2) is 13.8 Å². The van der Waals surface area contributed by atoms with Gasteiger partial charge >= 0.3 is 0 Å². The van der Waals surface area contributed by atoms with Gasteiger partial charge in [-0.2, -0.15) is 0 Å². The molecule has 5 heteroatoms. The van der Waals surface area contributed by atoms with Gasteiger partial charge in [-0.05, 0) is 24.6 Å². The molecular formula is C15H16F2N2S. The van der Waals surface area contributed by atoms with Gasteiger partial charge in [0.15, 0.2) is 0 Å². The van der Waals surface area contributed by atoms with E-state index in [1.165, 1.54) is 23.9 Å². The first-order valence-corrected chi connectivity index (χ1v) is 7.45. The van der Waals surface area contributed by atoms with E-state index < -0.39 is 11.6 Å². The number of benzene rings is 1. The van der Waals surface area contributed by atoms with E-state index in [0.29, 0.717) is 10.6 Å². The number of pyridine rings is 1. The zero-order valence-electron chi connectivity index (χ0n) is 11.2. The molecule has 1 N–H and O–H groups in total. The van der Waals surface area contributed by atoms with Crippen molar-refractivity contribution in [3.05, 3.63) is 53.7 Å². The van der Waals surface area contributed by atoms with Gasteiger partial charge in [0, 0.05) is 35.0 Å². The number of hydrogen-bond donors (Lipinski definition) is 1. The molecule has 2 aromatic rings. The largest absolute Gasteiger partial charge is 0.370 e. The van der Waals surface area contributed by atoms with E-state index in [0.717, 1.165) is 30.4 Å². The van der Waals surface area contributed by atoms with Crippen molar-refractivity contribution in [2.24, 2.45) is 0 Å². The lowest BCUT2D eigenvalue weighted by Crippen LogP contribution is -2.04. The van der Waals surface area contributed by atoms with Crippen LogP contribution in [0.5, 0.6) is 0 Å². The number of nitrogens with zero attached hydrogens (tertiary/aromatic N) is 1. The molecule has 0 unspecified atom stereocenters. The first-order valence-electron chi connectivity index (χ1n) is 6.46. The van der Waals surface area contributed by atoms with Crippen molar-refractivity contribution >= 4 is 17.6 Å². The number of thioether (sulfide) groups is 1. The first-order chi connectivity index (χ1) is 9.70. The maximum atomic E-state index is 13.6. The molecule has 0 amide bonds. The Morgan fingerprint density at radius 2 is 2.10 bits per heavy atom. The highest BCUT2D eigenvalue weighted by Crippen LogP contribution is 2.28. The summed E-state index contributed by atoms with van der Waals surface area (Å²) in [5.41, 5.74) is 1.01. The summed E-state index contributed by atoms with van der Waals surface area (Å²) in [4.78, 5) is 4.73. The fourth-order valence-corrected chi connectivity index (χ4v) is 2.61. The Balaban J connectivity index is 2.06. The maximum absolute atomic E-state index is 13.6. The highest BCUT2D eigenvalue weighted by Gasteiger charge is 2.07. The minimum atomic E-state index is -0.557. The fraction of sp³-hybridized carbons (Fsp3) is 0.267. The minimum absolute atomic E-state index is 0.441. The first kappa shape index (κ1) is 14.8. The van der Waals surface area contributed by atoms with Crippen molar-refractivity contribution in [1.29, 1.82) is 0 Å². The molecule has 0 aliphatic rings. The molecule has 2 nitrogen and oxygen atoms in total. The van der Waals surface area contributed by atoms with Crippen LogP contribution in [0.15, 0.2) is 41.4 Å². The number of aromatic nitrogens is 1. The molecule has 0 saturated carbocycles. The van der Waals surface area contributed by atoms with E-state index in [1.807, 2.05) is 12.1 Å². The van der Waals surface area contributed by atoms with Crippen molar-refractivity contribution in [3.63, 3.8) is 0 Å². The van der Waals surface area contributed by atoms with Gasteiger partial charge in [0.2, 0.25) is 0 Å². The minimum Gasteiger partial charge on any atom is -0.370 e. The van der Waals surface area contributed by atoms with Gasteiger partial charge in [-0.1, -0.05) is 13.0 Å². The van der Waals surface area contributed by atoms with E-state index in [-0.39, 0.29) is 0 Å². The van der Waals surface area contributed by atoms with E-state index >= 15 is 0 Å². The zero-order chi connectivity index (χ0) is 14.4. The normalized spacial score (nSPS) is 10.6. The molecule has 0 aliphatic carbocycles. The van der Waals surface area contributed by atoms with Crippen LogP contribution >= 0.6 is 11.8 Å². The molecule has 0 spiro atoms. The monoisotopic (exact) mass is 294 g/mol. The average Bonchev–Trinajstić information content (AvgIpc) is 2.45. The second-order valence-electron chi connectivity index (χ2n) is 4.30. The molecule has 2 rings (SSSR count). The molecule has 0 aliphatic heterocycles. The van der Waals surface area contributed by atoms with Crippen LogP contribution in [0.4, 0.5) is 14.6 Å². The molecule has 0 atom stereocenters. The van der Waals surface area contributed by atoms with Crippen LogP contribution in [-0.2, 0) is 5.75 Å². The summed E-state index contributed by atoms with van der Waals surface area (Å²) < 4.78 is 26.4. The molecule has 106 valence electrons. The Labute approximate surface area is 121 Å². The summed E-state index contributed by atoms with van der Waals surface area (Å²) in [7, 11) is 0. The lowest BCUT2D eigenvalue weighted by Gasteiger charge is -2.10. The van der Waals surface area contributed by atoms with Gasteiger partial charge in [-0.3, -0.25) is 0 Å². The third kappa shape index (κ3) is 3.93. The molecule has 20 heavy (non-hydrogen) atoms. The van der Waals surface area contributed by atoms with E-state index in [2.05, 4.69) is 17.2 Å². The van der Waals surface area contributed by atoms with Crippen LogP contribution in [0.25, 0.3) is 0 Å². The Hall–Kier alpha value is -1.62. The zero-order valence-corrected chi connectivity index (χ0v) is 12.0. The molecule has 0 fully saturated rings. The van der Waals surface area contributed by atoms with Gasteiger partial charge in [0.1, 0.15) is 17.5 Å². The SMILES string of the molecule is CCCNc1ncccc1CSc1ccc(F)cc1F. The van der Waals surface area contributed by atoms with Crippen molar-refractivity contribution in [2.45, 2.75) is 24.0 Å². The predicted molar refractivity (Wildman–Crippen MR) is 78.9 cm³/mol. The van der Waals surface area contributed by atoms with Crippen LogP contribution in [0.1, 0.15) is 18.9 Å². The lowest BCUT2D eigenvalue weighted by molar-refractivity contribution is 0.565. The molecule has 0 saturated heterocycles. The molecule has 1 heterocycles. The molecule has 0 radical (unpaired) electrons. The number of halogens is 2. The van der Waals surface area contributed by atoms with Crippen molar-refractivity contribution < 1.29 is 8.78 Å². The van der Waals surface area contributed by atoms with Crippen molar-refractivity contribution in [3.8, 4) is 0 Å². The topological polar surface area (TPSA) is 24.9 Å². The third-order valence-electron chi connectivity index (χ3n) is 2.71. The standard InChI is InChI=1S/C15H16F2N2S/c1-2-7-18-15-11(4-3-8-19-15)10-20-14-6-5-12(16)9-13(14)17/h3-6,8-9H,2,7,10H2,1H3,(H,18,19). The Morgan fingerprint density at radius 3 is 2.85 bits per heavy atom. The summed E-state index contributed by atoms with van der Waals surface area (Å²) in [6.45, 7) is 2.93. The van der Waals surface area contributed by atoms with Gasteiger partial charge in [0.25, 0.3) is 0 Å². The maximum Gasteiger partial charge on any atom is 0.139 e. The Bertz CT molecular complexity index is 576. The van der Waals surface area contributed by atoms with E-state index in [9.17, 15) is 8.78 Å². The highest BCUT2D eigenvalue weighted by molar-refractivity contribution is 7.98. The number of hydrogen-bond acceptors (Lipinski definition) is 3. The van der Waals surface area contributed by atoms with Gasteiger partial charge in [0.05, 0.1) is 0 Å². The third-order valence-corrected chi connectivity index (χ3v) is 3.81. The quantitative estimate of drug-likeness (QED) is 0.795. The second kappa shape index (κ2) is 7.24. The van der Waals surface area contributed by atoms with Crippen LogP contribution < -0.4 is 5.32 Å². The van der Waals surface area contributed by atoms with Crippen LogP contribution in [0, 0.1) is 11.6 Å². The summed E-state index contributed by atoms with van der Waals surface area (Å²) in [6.07, 6.45) is 2.74. The summed E-state index contributed by atoms with van der Waals surface area (Å²) in [5, 5.41) is 3.24. The number of rotatable bonds is 6. The second-order valence-corrected chi connectivity index (χ2v) is 5.32. The van der Waals surface area contributed by atoms with E-state index in [4.69, 9.17) is 0 Å². The lowest BCUT2D eigenvalue weighted by atomic mass is 10.3. The fourth-order valence-electron chi connectivity index (χ4n) is 1.71. The predicted octanol–water partition coefficient (Wildman–Crippen LogP) is 4.47. The van der Waals surface area contributed by atoms with Crippen LogP contribution in [0.2, 0.25) is 0 Å². The smallest absolute Gasteiger partial charge is 0.139 e. The molecule has 1 aromatic heterocycles. The van der Waals surface area contributed by atoms with Crippen molar-refractivity contribution in [1.82, 2.24) is 4.98 Å². The van der Waals surface area contributed by atoms with Crippen LogP contribution in [0.3, 0.4) is 0 Å². The summed E-state index contributed by atoms with van der Waals surface area (Å²) >= 11 is 1.33. The van der Waals surface area contributed by atoms with Gasteiger partial charge < -0.3 is 5.32 Å². The Morgan fingerprint density at radius 1 is 1.25 bits per heavy atom. The molecule has 0 bridgehead atoms. The summed E-state index contributed by atoms with van der Waals surface area (Å²) in [5.74, 6) is 0.326. The average molecular weight is 294 g/mol. The summed E-state index contributed by atoms with van der Waals surface area (Å²) in [6, 6.07) is 7.45.